The number of rotatable bonds is 5. The first-order valence-electron chi connectivity index (χ1n) is 7.36. The van der Waals surface area contributed by atoms with E-state index in [1.165, 1.54) is 37.6 Å². The minimum atomic E-state index is -3.96. The van der Waals surface area contributed by atoms with Crippen molar-refractivity contribution in [1.82, 2.24) is 3.97 Å². The Morgan fingerprint density at radius 1 is 1.23 bits per heavy atom. The summed E-state index contributed by atoms with van der Waals surface area (Å²) in [5.74, 6) is -1.86. The molecule has 136 valence electrons. The lowest BCUT2D eigenvalue weighted by molar-refractivity contribution is 0.0658. The van der Waals surface area contributed by atoms with Crippen LogP contribution in [0.4, 0.5) is 0 Å². The van der Waals surface area contributed by atoms with Gasteiger partial charge in [0.2, 0.25) is 0 Å². The molecule has 0 aliphatic heterocycles. The van der Waals surface area contributed by atoms with Gasteiger partial charge < -0.3 is 14.3 Å². The summed E-state index contributed by atoms with van der Waals surface area (Å²) in [5.41, 5.74) is 0.926. The third-order valence-electron chi connectivity index (χ3n) is 3.73. The number of aromatic carboxylic acids is 1. The number of aryl methyl sites for hydroxylation is 1. The number of nitrogens with zero attached hydrogens (tertiary/aromatic N) is 1. The van der Waals surface area contributed by atoms with Gasteiger partial charge >= 0.3 is 5.97 Å². The van der Waals surface area contributed by atoms with Crippen LogP contribution in [0.3, 0.4) is 0 Å². The van der Waals surface area contributed by atoms with Crippen LogP contribution < -0.4 is 4.74 Å². The smallest absolute Gasteiger partial charge is 0.375 e. The van der Waals surface area contributed by atoms with E-state index < -0.39 is 21.8 Å². The van der Waals surface area contributed by atoms with Crippen LogP contribution in [0.5, 0.6) is 5.75 Å². The Balaban J connectivity index is 2.19. The number of hydrogen-bond acceptors (Lipinski definition) is 5. The first kappa shape index (κ1) is 18.1. The van der Waals surface area contributed by atoms with E-state index >= 15 is 0 Å². The molecule has 0 bridgehead atoms. The molecule has 1 N–H and O–H groups in total. The summed E-state index contributed by atoms with van der Waals surface area (Å²) in [5, 5.41) is 9.27. The SMILES string of the molecule is COc1cc(-c2c(Cl)ccn2S(=O)(=O)c2ccc(C)cc2)oc1C(=O)O. The Labute approximate surface area is 154 Å². The molecular weight excluding hydrogens is 382 g/mol. The molecule has 0 saturated heterocycles. The molecular formula is C17H14ClNO6S. The van der Waals surface area contributed by atoms with E-state index in [4.69, 9.17) is 20.8 Å². The lowest BCUT2D eigenvalue weighted by Crippen LogP contribution is -2.13. The van der Waals surface area contributed by atoms with Gasteiger partial charge in [-0.2, -0.15) is 0 Å². The third kappa shape index (κ3) is 2.97. The standard InChI is InChI=1S/C17H14ClNO6S/c1-10-3-5-11(6-4-10)26(22,23)19-8-7-12(18)15(19)13-9-14(24-2)16(25-13)17(20)21/h3-9H,1-2H3,(H,20,21). The highest BCUT2D eigenvalue weighted by Crippen LogP contribution is 2.37. The number of halogens is 1. The minimum Gasteiger partial charge on any atom is -0.492 e. The lowest BCUT2D eigenvalue weighted by atomic mass is 10.2. The van der Waals surface area contributed by atoms with Crippen LogP contribution in [0.15, 0.2) is 51.9 Å². The molecule has 2 heterocycles. The second kappa shape index (κ2) is 6.54. The van der Waals surface area contributed by atoms with Crippen molar-refractivity contribution < 1.29 is 27.5 Å². The van der Waals surface area contributed by atoms with Gasteiger partial charge in [0.15, 0.2) is 11.5 Å². The molecule has 0 fully saturated rings. The van der Waals surface area contributed by atoms with E-state index in [9.17, 15) is 18.3 Å². The number of carboxylic acid groups (broad SMARTS) is 1. The van der Waals surface area contributed by atoms with E-state index in [-0.39, 0.29) is 27.1 Å². The van der Waals surface area contributed by atoms with Crippen LogP contribution in [0.25, 0.3) is 11.5 Å². The zero-order valence-electron chi connectivity index (χ0n) is 13.8. The Bertz CT molecular complexity index is 1080. The minimum absolute atomic E-state index is 0.0121. The first-order chi connectivity index (χ1) is 12.3. The molecule has 2 aromatic heterocycles. The number of carbonyl (C=O) groups is 1. The maximum Gasteiger partial charge on any atom is 0.375 e. The van der Waals surface area contributed by atoms with Gasteiger partial charge in [-0.05, 0) is 25.1 Å². The van der Waals surface area contributed by atoms with Crippen LogP contribution in [0.1, 0.15) is 16.1 Å². The summed E-state index contributed by atoms with van der Waals surface area (Å²) in [6.07, 6.45) is 1.28. The van der Waals surface area contributed by atoms with Gasteiger partial charge in [0, 0.05) is 12.3 Å². The normalized spacial score (nSPS) is 11.5. The lowest BCUT2D eigenvalue weighted by Gasteiger charge is -2.10. The third-order valence-corrected chi connectivity index (χ3v) is 5.72. The fraction of sp³-hybridized carbons (Fsp3) is 0.118. The van der Waals surface area contributed by atoms with Gasteiger partial charge in [-0.1, -0.05) is 29.3 Å². The summed E-state index contributed by atoms with van der Waals surface area (Å²) >= 11 is 6.15. The van der Waals surface area contributed by atoms with Crippen molar-refractivity contribution in [2.24, 2.45) is 0 Å². The predicted octanol–water partition coefficient (Wildman–Crippen LogP) is 3.65. The number of furan rings is 1. The molecule has 0 aliphatic rings. The highest BCUT2D eigenvalue weighted by Gasteiger charge is 2.27. The molecule has 26 heavy (non-hydrogen) atoms. The second-order valence-electron chi connectivity index (χ2n) is 5.44. The highest BCUT2D eigenvalue weighted by molar-refractivity contribution is 7.90. The van der Waals surface area contributed by atoms with E-state index in [0.29, 0.717) is 0 Å². The van der Waals surface area contributed by atoms with Gasteiger partial charge in [0.1, 0.15) is 5.69 Å². The predicted molar refractivity (Wildman–Crippen MR) is 94.4 cm³/mol. The van der Waals surface area contributed by atoms with Gasteiger partial charge in [0.05, 0.1) is 17.0 Å². The Morgan fingerprint density at radius 2 is 1.88 bits per heavy atom. The first-order valence-corrected chi connectivity index (χ1v) is 9.18. The number of benzene rings is 1. The zero-order chi connectivity index (χ0) is 19.1. The van der Waals surface area contributed by atoms with Crippen molar-refractivity contribution in [2.45, 2.75) is 11.8 Å². The van der Waals surface area contributed by atoms with Crippen molar-refractivity contribution >= 4 is 27.6 Å². The number of carboxylic acids is 1. The van der Waals surface area contributed by atoms with Crippen molar-refractivity contribution in [3.05, 3.63) is 58.9 Å². The Hall–Kier alpha value is -2.71. The fourth-order valence-electron chi connectivity index (χ4n) is 2.43. The van der Waals surface area contributed by atoms with E-state index in [1.54, 1.807) is 12.1 Å². The van der Waals surface area contributed by atoms with Crippen LogP contribution >= 0.6 is 11.6 Å². The molecule has 1 aromatic carbocycles. The Morgan fingerprint density at radius 3 is 2.42 bits per heavy atom. The van der Waals surface area contributed by atoms with E-state index in [1.807, 2.05) is 6.92 Å². The zero-order valence-corrected chi connectivity index (χ0v) is 15.3. The van der Waals surface area contributed by atoms with Gasteiger partial charge in [-0.15, -0.1) is 0 Å². The quantitative estimate of drug-likeness (QED) is 0.707. The molecule has 0 radical (unpaired) electrons. The molecule has 0 unspecified atom stereocenters. The maximum absolute atomic E-state index is 13.0. The summed E-state index contributed by atoms with van der Waals surface area (Å²) in [6.45, 7) is 1.84. The molecule has 3 aromatic rings. The van der Waals surface area contributed by atoms with Crippen molar-refractivity contribution in [1.29, 1.82) is 0 Å². The summed E-state index contributed by atoms with van der Waals surface area (Å²) in [4.78, 5) is 11.3. The van der Waals surface area contributed by atoms with Crippen molar-refractivity contribution in [3.63, 3.8) is 0 Å². The Kier molecular flexibility index (Phi) is 4.55. The van der Waals surface area contributed by atoms with Crippen molar-refractivity contribution in [3.8, 4) is 17.2 Å². The average molecular weight is 396 g/mol. The monoisotopic (exact) mass is 395 g/mol. The molecule has 0 aliphatic carbocycles. The number of ether oxygens (including phenoxy) is 1. The molecule has 0 atom stereocenters. The summed E-state index contributed by atoms with van der Waals surface area (Å²) < 4.78 is 37.1. The van der Waals surface area contributed by atoms with Gasteiger partial charge in [-0.25, -0.2) is 17.2 Å². The molecule has 7 nitrogen and oxygen atoms in total. The number of methoxy groups -OCH3 is 1. The highest BCUT2D eigenvalue weighted by atomic mass is 35.5. The van der Waals surface area contributed by atoms with E-state index in [2.05, 4.69) is 0 Å². The fourth-order valence-corrected chi connectivity index (χ4v) is 4.08. The van der Waals surface area contributed by atoms with Crippen LogP contribution in [0.2, 0.25) is 5.02 Å². The van der Waals surface area contributed by atoms with E-state index in [0.717, 1.165) is 9.54 Å². The van der Waals surface area contributed by atoms with Crippen LogP contribution in [0, 0.1) is 6.92 Å². The molecule has 3 rings (SSSR count). The van der Waals surface area contributed by atoms with Gasteiger partial charge in [0.25, 0.3) is 15.8 Å². The topological polar surface area (TPSA) is 98.7 Å². The van der Waals surface area contributed by atoms with Crippen LogP contribution in [-0.4, -0.2) is 30.6 Å². The second-order valence-corrected chi connectivity index (χ2v) is 7.66. The summed E-state index contributed by atoms with van der Waals surface area (Å²) in [7, 11) is -2.68. The molecule has 0 spiro atoms. The number of aromatic nitrogens is 1. The molecule has 9 heteroatoms. The molecule has 0 saturated carbocycles. The van der Waals surface area contributed by atoms with Crippen LogP contribution in [-0.2, 0) is 10.0 Å². The molecule has 0 amide bonds. The van der Waals surface area contributed by atoms with Gasteiger partial charge in [-0.3, -0.25) is 0 Å². The maximum atomic E-state index is 13.0. The summed E-state index contributed by atoms with van der Waals surface area (Å²) in [6, 6.07) is 8.98. The van der Waals surface area contributed by atoms with Crippen molar-refractivity contribution in [2.75, 3.05) is 7.11 Å². The largest absolute Gasteiger partial charge is 0.492 e. The number of hydrogen-bond donors (Lipinski definition) is 1. The average Bonchev–Trinajstić information content (AvgIpc) is 3.18.